The van der Waals surface area contributed by atoms with Crippen LogP contribution in [0.3, 0.4) is 0 Å². The van der Waals surface area contributed by atoms with E-state index in [9.17, 15) is 0 Å². The number of nitrogens with one attached hydrogen (secondary N) is 2. The molecule has 28 heavy (non-hydrogen) atoms. The molecule has 0 aliphatic carbocycles. The summed E-state index contributed by atoms with van der Waals surface area (Å²) in [5.41, 5.74) is 2.18. The van der Waals surface area contributed by atoms with Crippen molar-refractivity contribution in [2.45, 2.75) is 19.0 Å². The van der Waals surface area contributed by atoms with E-state index in [-0.39, 0.29) is 12.1 Å². The van der Waals surface area contributed by atoms with Crippen molar-refractivity contribution in [3.63, 3.8) is 0 Å². The molecular formula is C22H30N4OS. The number of ether oxygens (including phenoxy) is 1. The third-order valence-electron chi connectivity index (χ3n) is 5.26. The zero-order valence-electron chi connectivity index (χ0n) is 16.9. The number of hydrogen-bond acceptors (Lipinski definition) is 4. The number of hydrogen-bond donors (Lipinski definition) is 2. The van der Waals surface area contributed by atoms with Gasteiger partial charge in [0.15, 0.2) is 5.11 Å². The van der Waals surface area contributed by atoms with Crippen LogP contribution in [0.15, 0.2) is 54.6 Å². The molecule has 0 bridgehead atoms. The van der Waals surface area contributed by atoms with Crippen LogP contribution in [-0.4, -0.2) is 61.3 Å². The van der Waals surface area contributed by atoms with Crippen molar-refractivity contribution in [3.8, 4) is 5.75 Å². The Morgan fingerprint density at radius 1 is 1.00 bits per heavy atom. The van der Waals surface area contributed by atoms with Crippen LogP contribution in [-0.2, 0) is 0 Å². The maximum absolute atomic E-state index is 5.60. The second kappa shape index (κ2) is 9.87. The van der Waals surface area contributed by atoms with Gasteiger partial charge in [-0.1, -0.05) is 42.5 Å². The van der Waals surface area contributed by atoms with Gasteiger partial charge in [-0.05, 0) is 43.9 Å². The van der Waals surface area contributed by atoms with Crippen molar-refractivity contribution in [2.75, 3.05) is 45.7 Å². The number of anilines is 1. The molecule has 1 aliphatic heterocycles. The fourth-order valence-corrected chi connectivity index (χ4v) is 4.05. The van der Waals surface area contributed by atoms with E-state index in [2.05, 4.69) is 64.7 Å². The maximum atomic E-state index is 5.60. The summed E-state index contributed by atoms with van der Waals surface area (Å²) in [4.78, 5) is 4.93. The second-order valence-corrected chi connectivity index (χ2v) is 7.69. The van der Waals surface area contributed by atoms with E-state index in [1.807, 2.05) is 24.3 Å². The van der Waals surface area contributed by atoms with E-state index < -0.39 is 0 Å². The number of thiocarbonyl (C=S) groups is 1. The molecule has 0 saturated carbocycles. The summed E-state index contributed by atoms with van der Waals surface area (Å²) >= 11 is 5.60. The van der Waals surface area contributed by atoms with E-state index in [1.54, 1.807) is 7.11 Å². The molecule has 1 heterocycles. The van der Waals surface area contributed by atoms with Crippen molar-refractivity contribution in [1.82, 2.24) is 15.1 Å². The van der Waals surface area contributed by atoms with Crippen LogP contribution in [0.4, 0.5) is 5.69 Å². The fraction of sp³-hybridized carbons (Fsp3) is 0.409. The minimum Gasteiger partial charge on any atom is -0.495 e. The molecule has 1 aliphatic rings. The molecule has 3 rings (SSSR count). The molecule has 5 nitrogen and oxygen atoms in total. The van der Waals surface area contributed by atoms with Gasteiger partial charge in [0.1, 0.15) is 5.75 Å². The number of para-hydroxylation sites is 2. The molecule has 0 unspecified atom stereocenters. The third kappa shape index (κ3) is 5.22. The van der Waals surface area contributed by atoms with E-state index in [0.717, 1.165) is 37.6 Å². The molecule has 0 radical (unpaired) electrons. The molecule has 0 amide bonds. The second-order valence-electron chi connectivity index (χ2n) is 7.28. The van der Waals surface area contributed by atoms with Crippen molar-refractivity contribution in [1.29, 1.82) is 0 Å². The highest BCUT2D eigenvalue weighted by atomic mass is 32.1. The highest BCUT2D eigenvalue weighted by molar-refractivity contribution is 7.80. The number of benzene rings is 2. The maximum Gasteiger partial charge on any atom is 0.171 e. The molecule has 2 aromatic rings. The predicted octanol–water partition coefficient (Wildman–Crippen LogP) is 3.36. The van der Waals surface area contributed by atoms with Gasteiger partial charge in [-0.3, -0.25) is 4.90 Å². The summed E-state index contributed by atoms with van der Waals surface area (Å²) < 4.78 is 5.41. The molecule has 1 fully saturated rings. The molecule has 2 atom stereocenters. The smallest absolute Gasteiger partial charge is 0.171 e. The van der Waals surface area contributed by atoms with Gasteiger partial charge < -0.3 is 20.3 Å². The quantitative estimate of drug-likeness (QED) is 0.727. The van der Waals surface area contributed by atoms with Gasteiger partial charge in [0.25, 0.3) is 0 Å². The van der Waals surface area contributed by atoms with Crippen LogP contribution in [0.25, 0.3) is 0 Å². The Hall–Kier alpha value is -2.15. The number of methoxy groups -OCH3 is 1. The Morgan fingerprint density at radius 2 is 1.64 bits per heavy atom. The van der Waals surface area contributed by atoms with Crippen LogP contribution in [0.2, 0.25) is 0 Å². The number of likely N-dealkylation sites (N-methyl/N-ethyl adjacent to an activating group) is 1. The van der Waals surface area contributed by atoms with Gasteiger partial charge in [0.2, 0.25) is 0 Å². The fourth-order valence-electron chi connectivity index (χ4n) is 3.76. The lowest BCUT2D eigenvalue weighted by Gasteiger charge is -2.41. The van der Waals surface area contributed by atoms with E-state index >= 15 is 0 Å². The first-order valence-electron chi connectivity index (χ1n) is 9.76. The molecule has 2 N–H and O–H groups in total. The number of piperazine rings is 1. The molecule has 0 spiro atoms. The van der Waals surface area contributed by atoms with Crippen molar-refractivity contribution in [3.05, 3.63) is 60.2 Å². The lowest BCUT2D eigenvalue weighted by Crippen LogP contribution is -2.52. The molecule has 6 heteroatoms. The first kappa shape index (κ1) is 20.6. The van der Waals surface area contributed by atoms with Crippen molar-refractivity contribution >= 4 is 23.0 Å². The Morgan fingerprint density at radius 3 is 2.32 bits per heavy atom. The van der Waals surface area contributed by atoms with Crippen LogP contribution < -0.4 is 15.4 Å². The molecule has 150 valence electrons. The lowest BCUT2D eigenvalue weighted by molar-refractivity contribution is 0.0973. The van der Waals surface area contributed by atoms with Crippen molar-refractivity contribution < 1.29 is 4.74 Å². The summed E-state index contributed by atoms with van der Waals surface area (Å²) in [6.45, 7) is 6.47. The highest BCUT2D eigenvalue weighted by Gasteiger charge is 2.28. The Kier molecular flexibility index (Phi) is 7.25. The summed E-state index contributed by atoms with van der Waals surface area (Å²) in [6, 6.07) is 18.9. The normalized spacial score (nSPS) is 17.5. The Bertz CT molecular complexity index is 762. The standard InChI is InChI=1S/C22H30N4OS/c1-17(23-22(28)24-19-11-7-8-12-20(19)27-3)21(18-9-5-4-6-10-18)26-15-13-25(2)14-16-26/h4-12,17,21H,13-16H2,1-3H3,(H2,23,24,28)/t17-,21+/m1/s1. The number of rotatable bonds is 6. The monoisotopic (exact) mass is 398 g/mol. The molecule has 1 saturated heterocycles. The summed E-state index contributed by atoms with van der Waals surface area (Å²) in [5, 5.41) is 7.38. The molecule has 0 aromatic heterocycles. The summed E-state index contributed by atoms with van der Waals surface area (Å²) in [5.74, 6) is 0.776. The summed E-state index contributed by atoms with van der Waals surface area (Å²) in [7, 11) is 3.85. The minimum absolute atomic E-state index is 0.153. The average molecular weight is 399 g/mol. The van der Waals surface area contributed by atoms with Gasteiger partial charge in [0, 0.05) is 32.2 Å². The summed E-state index contributed by atoms with van der Waals surface area (Å²) in [6.07, 6.45) is 0. The van der Waals surface area contributed by atoms with Crippen LogP contribution in [0, 0.1) is 0 Å². The van der Waals surface area contributed by atoms with Gasteiger partial charge in [-0.2, -0.15) is 0 Å². The largest absolute Gasteiger partial charge is 0.495 e. The zero-order valence-corrected chi connectivity index (χ0v) is 17.7. The van der Waals surface area contributed by atoms with Gasteiger partial charge >= 0.3 is 0 Å². The predicted molar refractivity (Wildman–Crippen MR) is 120 cm³/mol. The van der Waals surface area contributed by atoms with Crippen molar-refractivity contribution in [2.24, 2.45) is 0 Å². The first-order chi connectivity index (χ1) is 13.6. The first-order valence-corrected chi connectivity index (χ1v) is 10.2. The highest BCUT2D eigenvalue weighted by Crippen LogP contribution is 2.26. The Labute approximate surface area is 173 Å². The SMILES string of the molecule is COc1ccccc1NC(=S)N[C@H](C)[C@@H](c1ccccc1)N1CCN(C)CC1. The third-order valence-corrected chi connectivity index (χ3v) is 5.48. The van der Waals surface area contributed by atoms with E-state index in [1.165, 1.54) is 5.56 Å². The van der Waals surface area contributed by atoms with Gasteiger partial charge in [-0.25, -0.2) is 0 Å². The molecular weight excluding hydrogens is 368 g/mol. The average Bonchev–Trinajstić information content (AvgIpc) is 2.71. The van der Waals surface area contributed by atoms with E-state index in [4.69, 9.17) is 17.0 Å². The Balaban J connectivity index is 1.72. The lowest BCUT2D eigenvalue weighted by atomic mass is 9.98. The minimum atomic E-state index is 0.153. The topological polar surface area (TPSA) is 39.8 Å². The van der Waals surface area contributed by atoms with E-state index in [0.29, 0.717) is 5.11 Å². The van der Waals surface area contributed by atoms with Gasteiger partial charge in [0.05, 0.1) is 18.8 Å². The number of nitrogens with zero attached hydrogens (tertiary/aromatic N) is 2. The van der Waals surface area contributed by atoms with Crippen LogP contribution in [0.5, 0.6) is 5.75 Å². The van der Waals surface area contributed by atoms with Crippen LogP contribution in [0.1, 0.15) is 18.5 Å². The molecule has 2 aromatic carbocycles. The zero-order chi connectivity index (χ0) is 19.9. The van der Waals surface area contributed by atoms with Crippen LogP contribution >= 0.6 is 12.2 Å². The van der Waals surface area contributed by atoms with Gasteiger partial charge in [-0.15, -0.1) is 0 Å².